The van der Waals surface area contributed by atoms with Gasteiger partial charge in [-0.25, -0.2) is 8.42 Å². The van der Waals surface area contributed by atoms with Gasteiger partial charge in [0.2, 0.25) is 10.0 Å². The monoisotopic (exact) mass is 384 g/mol. The summed E-state index contributed by atoms with van der Waals surface area (Å²) in [5.41, 5.74) is 5.09. The molecule has 2 atom stereocenters. The number of esters is 1. The average Bonchev–Trinajstić information content (AvgIpc) is 3.12. The Balaban J connectivity index is 1.84. The summed E-state index contributed by atoms with van der Waals surface area (Å²) in [4.78, 5) is 23.4. The van der Waals surface area contributed by atoms with E-state index in [4.69, 9.17) is 19.9 Å². The molecule has 9 nitrogen and oxygen atoms in total. The lowest BCUT2D eigenvalue weighted by Crippen LogP contribution is -2.43. The fraction of sp³-hybridized carbons (Fsp3) is 0.500. The second kappa shape index (κ2) is 7.12. The van der Waals surface area contributed by atoms with Gasteiger partial charge in [-0.3, -0.25) is 9.59 Å². The molecule has 0 aliphatic carbocycles. The summed E-state index contributed by atoms with van der Waals surface area (Å²) in [5.74, 6) is -0.756. The molecular weight excluding hydrogens is 364 g/mol. The fourth-order valence-corrected chi connectivity index (χ4v) is 4.56. The van der Waals surface area contributed by atoms with Crippen molar-refractivity contribution in [2.45, 2.75) is 36.8 Å². The molecular formula is C16H20N2O7S. The maximum atomic E-state index is 13.0. The van der Waals surface area contributed by atoms with Crippen LogP contribution in [0.1, 0.15) is 19.8 Å². The summed E-state index contributed by atoms with van der Waals surface area (Å²) in [5, 5.41) is 0. The van der Waals surface area contributed by atoms with Crippen molar-refractivity contribution < 1.29 is 32.2 Å². The Labute approximate surface area is 151 Å². The lowest BCUT2D eigenvalue weighted by atomic mass is 10.2. The standard InChI is InChI=1S/C16H20N2O7S/c1-10(15(17)19)25-16(20)12-3-2-6-18(12)26(21,22)11-4-5-13-14(9-11)24-8-7-23-13/h4-5,9-10,12H,2-3,6-8H2,1H3,(H2,17,19)/t10-,12-/m1/s1. The van der Waals surface area contributed by atoms with Crippen LogP contribution in [0, 0.1) is 0 Å². The smallest absolute Gasteiger partial charge is 0.325 e. The van der Waals surface area contributed by atoms with Gasteiger partial charge in [-0.05, 0) is 31.9 Å². The molecule has 2 aliphatic heterocycles. The Bertz CT molecular complexity index is 824. The van der Waals surface area contributed by atoms with E-state index in [1.165, 1.54) is 25.1 Å². The zero-order valence-corrected chi connectivity index (χ0v) is 15.0. The van der Waals surface area contributed by atoms with E-state index < -0.39 is 34.0 Å². The summed E-state index contributed by atoms with van der Waals surface area (Å²) in [6, 6.07) is 3.33. The van der Waals surface area contributed by atoms with E-state index in [0.29, 0.717) is 37.6 Å². The van der Waals surface area contributed by atoms with Crippen LogP contribution < -0.4 is 15.2 Å². The first-order valence-electron chi connectivity index (χ1n) is 8.22. The number of hydrogen-bond donors (Lipinski definition) is 1. The van der Waals surface area contributed by atoms with Crippen LogP contribution in [0.5, 0.6) is 11.5 Å². The molecule has 1 amide bonds. The number of carbonyl (C=O) groups is 2. The molecule has 26 heavy (non-hydrogen) atoms. The van der Waals surface area contributed by atoms with Crippen molar-refractivity contribution in [3.05, 3.63) is 18.2 Å². The predicted octanol–water partition coefficient (Wildman–Crippen LogP) is 0.0279. The summed E-state index contributed by atoms with van der Waals surface area (Å²) in [6.07, 6.45) is -0.301. The molecule has 2 N–H and O–H groups in total. The lowest BCUT2D eigenvalue weighted by Gasteiger charge is -2.24. The van der Waals surface area contributed by atoms with Crippen molar-refractivity contribution in [2.24, 2.45) is 5.73 Å². The van der Waals surface area contributed by atoms with E-state index in [1.807, 2.05) is 0 Å². The molecule has 2 heterocycles. The third-order valence-corrected chi connectivity index (χ3v) is 6.19. The number of rotatable bonds is 5. The molecule has 2 aliphatic rings. The highest BCUT2D eigenvalue weighted by Gasteiger charge is 2.41. The molecule has 0 aromatic heterocycles. The third-order valence-electron chi connectivity index (χ3n) is 4.29. The van der Waals surface area contributed by atoms with E-state index >= 15 is 0 Å². The normalized spacial score (nSPS) is 21.2. The van der Waals surface area contributed by atoms with Crippen LogP contribution in [0.25, 0.3) is 0 Å². The second-order valence-corrected chi connectivity index (χ2v) is 7.95. The zero-order chi connectivity index (χ0) is 18.9. The Kier molecular flexibility index (Phi) is 5.05. The van der Waals surface area contributed by atoms with Crippen LogP contribution in [0.15, 0.2) is 23.1 Å². The van der Waals surface area contributed by atoms with E-state index in [1.54, 1.807) is 0 Å². The quantitative estimate of drug-likeness (QED) is 0.710. The van der Waals surface area contributed by atoms with Gasteiger partial charge in [0.1, 0.15) is 19.3 Å². The first-order chi connectivity index (χ1) is 12.3. The number of hydrogen-bond acceptors (Lipinski definition) is 7. The molecule has 0 bridgehead atoms. The maximum Gasteiger partial charge on any atom is 0.325 e. The van der Waals surface area contributed by atoms with Gasteiger partial charge in [-0.15, -0.1) is 0 Å². The first kappa shape index (κ1) is 18.5. The van der Waals surface area contributed by atoms with Crippen molar-refractivity contribution in [3.8, 4) is 11.5 Å². The molecule has 1 saturated heterocycles. The molecule has 0 unspecified atom stereocenters. The number of fused-ring (bicyclic) bond motifs is 1. The van der Waals surface area contributed by atoms with Crippen LogP contribution in [-0.4, -0.2) is 56.5 Å². The molecule has 1 fully saturated rings. The Hall–Kier alpha value is -2.33. The minimum Gasteiger partial charge on any atom is -0.486 e. The summed E-state index contributed by atoms with van der Waals surface area (Å²) in [6.45, 7) is 2.26. The maximum absolute atomic E-state index is 13.0. The summed E-state index contributed by atoms with van der Waals surface area (Å²) >= 11 is 0. The predicted molar refractivity (Wildman–Crippen MR) is 89.1 cm³/mol. The Morgan fingerprint density at radius 2 is 1.96 bits per heavy atom. The molecule has 0 radical (unpaired) electrons. The average molecular weight is 384 g/mol. The first-order valence-corrected chi connectivity index (χ1v) is 9.66. The van der Waals surface area contributed by atoms with Crippen LogP contribution in [0.4, 0.5) is 0 Å². The van der Waals surface area contributed by atoms with E-state index in [9.17, 15) is 18.0 Å². The summed E-state index contributed by atoms with van der Waals surface area (Å²) in [7, 11) is -3.94. The van der Waals surface area contributed by atoms with Gasteiger partial charge in [0.05, 0.1) is 4.90 Å². The minimum atomic E-state index is -3.94. The minimum absolute atomic E-state index is 0.00407. The fourth-order valence-electron chi connectivity index (χ4n) is 2.89. The highest BCUT2D eigenvalue weighted by Crippen LogP contribution is 2.35. The van der Waals surface area contributed by atoms with Gasteiger partial charge in [-0.1, -0.05) is 0 Å². The van der Waals surface area contributed by atoms with Gasteiger partial charge in [-0.2, -0.15) is 4.31 Å². The van der Waals surface area contributed by atoms with Gasteiger partial charge < -0.3 is 19.9 Å². The molecule has 0 saturated carbocycles. The Morgan fingerprint density at radius 1 is 1.27 bits per heavy atom. The number of sulfonamides is 1. The molecule has 3 rings (SSSR count). The second-order valence-electron chi connectivity index (χ2n) is 6.06. The van der Waals surface area contributed by atoms with Gasteiger partial charge in [0, 0.05) is 12.6 Å². The lowest BCUT2D eigenvalue weighted by molar-refractivity contribution is -0.156. The molecule has 1 aromatic rings. The van der Waals surface area contributed by atoms with E-state index in [0.717, 1.165) is 4.31 Å². The van der Waals surface area contributed by atoms with Crippen LogP contribution in [-0.2, 0) is 24.3 Å². The largest absolute Gasteiger partial charge is 0.486 e. The molecule has 142 valence electrons. The number of carbonyl (C=O) groups excluding carboxylic acids is 2. The number of primary amides is 1. The van der Waals surface area contributed by atoms with E-state index in [-0.39, 0.29) is 11.4 Å². The molecule has 10 heteroatoms. The van der Waals surface area contributed by atoms with Crippen molar-refractivity contribution in [3.63, 3.8) is 0 Å². The topological polar surface area (TPSA) is 125 Å². The van der Waals surface area contributed by atoms with Crippen molar-refractivity contribution in [1.82, 2.24) is 4.31 Å². The number of ether oxygens (including phenoxy) is 3. The van der Waals surface area contributed by atoms with Crippen LogP contribution >= 0.6 is 0 Å². The Morgan fingerprint density at radius 3 is 2.65 bits per heavy atom. The van der Waals surface area contributed by atoms with Gasteiger partial charge in [0.15, 0.2) is 17.6 Å². The molecule has 1 aromatic carbocycles. The number of benzene rings is 1. The van der Waals surface area contributed by atoms with E-state index in [2.05, 4.69) is 0 Å². The molecule has 0 spiro atoms. The van der Waals surface area contributed by atoms with Crippen molar-refractivity contribution in [1.29, 1.82) is 0 Å². The van der Waals surface area contributed by atoms with Crippen molar-refractivity contribution >= 4 is 21.9 Å². The highest BCUT2D eigenvalue weighted by atomic mass is 32.2. The number of amides is 1. The van der Waals surface area contributed by atoms with Gasteiger partial charge in [0.25, 0.3) is 5.91 Å². The third kappa shape index (κ3) is 3.47. The van der Waals surface area contributed by atoms with Crippen molar-refractivity contribution in [2.75, 3.05) is 19.8 Å². The number of nitrogens with zero attached hydrogens (tertiary/aromatic N) is 1. The zero-order valence-electron chi connectivity index (χ0n) is 14.2. The highest BCUT2D eigenvalue weighted by molar-refractivity contribution is 7.89. The van der Waals surface area contributed by atoms with Gasteiger partial charge >= 0.3 is 5.97 Å². The summed E-state index contributed by atoms with van der Waals surface area (Å²) < 4.78 is 42.9. The van der Waals surface area contributed by atoms with Crippen LogP contribution in [0.2, 0.25) is 0 Å². The van der Waals surface area contributed by atoms with Crippen LogP contribution in [0.3, 0.4) is 0 Å². The number of nitrogens with two attached hydrogens (primary N) is 1. The SMILES string of the molecule is C[C@@H](OC(=O)[C@H]1CCCN1S(=O)(=O)c1ccc2c(c1)OCCO2)C(N)=O.